The first kappa shape index (κ1) is 15.3. The third kappa shape index (κ3) is 4.21. The number of hydrogen-bond acceptors (Lipinski definition) is 3. The molecule has 2 N–H and O–H groups in total. The Kier molecular flexibility index (Phi) is 5.43. The molecular formula is C15H21BrN2O2. The highest BCUT2D eigenvalue weighted by Crippen LogP contribution is 2.26. The second-order valence-corrected chi connectivity index (χ2v) is 6.08. The van der Waals surface area contributed by atoms with Gasteiger partial charge in [-0.2, -0.15) is 0 Å². The lowest BCUT2D eigenvalue weighted by Gasteiger charge is -2.25. The summed E-state index contributed by atoms with van der Waals surface area (Å²) in [5, 5.41) is 6.33. The van der Waals surface area contributed by atoms with Crippen molar-refractivity contribution >= 4 is 21.8 Å². The molecule has 4 nitrogen and oxygen atoms in total. The van der Waals surface area contributed by atoms with E-state index in [9.17, 15) is 4.79 Å². The predicted octanol–water partition coefficient (Wildman–Crippen LogP) is 2.39. The van der Waals surface area contributed by atoms with E-state index < -0.39 is 6.10 Å². The van der Waals surface area contributed by atoms with Crippen molar-refractivity contribution in [1.82, 2.24) is 10.6 Å². The molecule has 20 heavy (non-hydrogen) atoms. The maximum Gasteiger partial charge on any atom is 0.260 e. The van der Waals surface area contributed by atoms with Crippen LogP contribution in [-0.4, -0.2) is 31.1 Å². The second-order valence-electron chi connectivity index (χ2n) is 5.23. The molecule has 1 unspecified atom stereocenters. The van der Waals surface area contributed by atoms with Crippen LogP contribution in [0, 0.1) is 6.92 Å². The fourth-order valence-electron chi connectivity index (χ4n) is 2.23. The molecule has 0 aliphatic carbocycles. The summed E-state index contributed by atoms with van der Waals surface area (Å²) in [6.45, 7) is 5.72. The molecular weight excluding hydrogens is 320 g/mol. The van der Waals surface area contributed by atoms with Crippen molar-refractivity contribution in [3.05, 3.63) is 28.2 Å². The van der Waals surface area contributed by atoms with Gasteiger partial charge in [0.1, 0.15) is 5.75 Å². The first-order valence-corrected chi connectivity index (χ1v) is 7.79. The predicted molar refractivity (Wildman–Crippen MR) is 83.0 cm³/mol. The van der Waals surface area contributed by atoms with E-state index in [-0.39, 0.29) is 11.9 Å². The number of amides is 1. The number of nitrogens with one attached hydrogen (secondary N) is 2. The number of benzene rings is 1. The van der Waals surface area contributed by atoms with Crippen LogP contribution in [0.2, 0.25) is 0 Å². The van der Waals surface area contributed by atoms with Crippen molar-refractivity contribution in [3.63, 3.8) is 0 Å². The number of piperidine rings is 1. The lowest BCUT2D eigenvalue weighted by Crippen LogP contribution is -2.47. The molecule has 1 aromatic carbocycles. The fraction of sp³-hybridized carbons (Fsp3) is 0.533. The van der Waals surface area contributed by atoms with E-state index in [0.717, 1.165) is 36.0 Å². The minimum Gasteiger partial charge on any atom is -0.480 e. The Morgan fingerprint density at radius 3 is 2.80 bits per heavy atom. The molecule has 1 fully saturated rings. The first-order chi connectivity index (χ1) is 9.56. The van der Waals surface area contributed by atoms with Crippen LogP contribution in [0.1, 0.15) is 25.3 Å². The molecule has 0 spiro atoms. The highest BCUT2D eigenvalue weighted by Gasteiger charge is 2.21. The maximum atomic E-state index is 12.1. The topological polar surface area (TPSA) is 50.4 Å². The van der Waals surface area contributed by atoms with Crippen LogP contribution in [0.4, 0.5) is 0 Å². The lowest BCUT2D eigenvalue weighted by atomic mass is 10.1. The number of hydrogen-bond donors (Lipinski definition) is 2. The fourth-order valence-corrected chi connectivity index (χ4v) is 2.82. The third-order valence-electron chi connectivity index (χ3n) is 3.45. The summed E-state index contributed by atoms with van der Waals surface area (Å²) in [5.74, 6) is 0.646. The highest BCUT2D eigenvalue weighted by molar-refractivity contribution is 9.10. The van der Waals surface area contributed by atoms with Gasteiger partial charge in [0.05, 0.1) is 4.47 Å². The molecule has 1 aromatic rings. The van der Waals surface area contributed by atoms with Gasteiger partial charge in [-0.25, -0.2) is 0 Å². The van der Waals surface area contributed by atoms with Crippen LogP contribution in [-0.2, 0) is 4.79 Å². The number of rotatable bonds is 4. The van der Waals surface area contributed by atoms with Gasteiger partial charge in [-0.05, 0) is 73.4 Å². The van der Waals surface area contributed by atoms with Gasteiger partial charge in [0.15, 0.2) is 6.10 Å². The Balaban J connectivity index is 1.89. The Bertz CT molecular complexity index is 473. The van der Waals surface area contributed by atoms with E-state index in [2.05, 4.69) is 26.6 Å². The third-order valence-corrected chi connectivity index (χ3v) is 4.07. The largest absolute Gasteiger partial charge is 0.480 e. The minimum atomic E-state index is -0.496. The van der Waals surface area contributed by atoms with Crippen LogP contribution < -0.4 is 15.4 Å². The molecule has 5 heteroatoms. The van der Waals surface area contributed by atoms with Crippen molar-refractivity contribution in [3.8, 4) is 5.75 Å². The van der Waals surface area contributed by atoms with Gasteiger partial charge in [0.25, 0.3) is 5.91 Å². The molecule has 1 heterocycles. The SMILES string of the molecule is Cc1ccc(OC(C)C(=O)NC2CCNCC2)c(Br)c1. The van der Waals surface area contributed by atoms with E-state index >= 15 is 0 Å². The zero-order valence-electron chi connectivity index (χ0n) is 11.9. The molecule has 0 bridgehead atoms. The van der Waals surface area contributed by atoms with E-state index in [0.29, 0.717) is 5.75 Å². The Morgan fingerprint density at radius 2 is 2.15 bits per heavy atom. The molecule has 1 aliphatic rings. The van der Waals surface area contributed by atoms with Gasteiger partial charge >= 0.3 is 0 Å². The van der Waals surface area contributed by atoms with Gasteiger partial charge in [-0.1, -0.05) is 6.07 Å². The van der Waals surface area contributed by atoms with Crippen molar-refractivity contribution in [2.75, 3.05) is 13.1 Å². The van der Waals surface area contributed by atoms with E-state index in [4.69, 9.17) is 4.74 Å². The van der Waals surface area contributed by atoms with E-state index in [1.165, 1.54) is 0 Å². The summed E-state index contributed by atoms with van der Waals surface area (Å²) in [6.07, 6.45) is 1.46. The van der Waals surface area contributed by atoms with Crippen molar-refractivity contribution < 1.29 is 9.53 Å². The zero-order chi connectivity index (χ0) is 14.5. The smallest absolute Gasteiger partial charge is 0.260 e. The molecule has 0 aromatic heterocycles. The first-order valence-electron chi connectivity index (χ1n) is 7.00. The summed E-state index contributed by atoms with van der Waals surface area (Å²) >= 11 is 3.46. The van der Waals surface area contributed by atoms with Gasteiger partial charge in [0, 0.05) is 6.04 Å². The molecule has 1 aliphatic heterocycles. The summed E-state index contributed by atoms with van der Waals surface area (Å²) in [5.41, 5.74) is 1.15. The Morgan fingerprint density at radius 1 is 1.45 bits per heavy atom. The standard InChI is InChI=1S/C15H21BrN2O2/c1-10-3-4-14(13(16)9-10)20-11(2)15(19)18-12-5-7-17-8-6-12/h3-4,9,11-12,17H,5-8H2,1-2H3,(H,18,19). The number of carbonyl (C=O) groups is 1. The van der Waals surface area contributed by atoms with Crippen LogP contribution in [0.15, 0.2) is 22.7 Å². The molecule has 1 atom stereocenters. The molecule has 110 valence electrons. The molecule has 1 saturated heterocycles. The van der Waals surface area contributed by atoms with Crippen LogP contribution >= 0.6 is 15.9 Å². The lowest BCUT2D eigenvalue weighted by molar-refractivity contribution is -0.128. The molecule has 2 rings (SSSR count). The minimum absolute atomic E-state index is 0.0515. The van der Waals surface area contributed by atoms with Gasteiger partial charge in [-0.3, -0.25) is 4.79 Å². The second kappa shape index (κ2) is 7.09. The summed E-state index contributed by atoms with van der Waals surface area (Å²) in [4.78, 5) is 12.1. The number of halogens is 1. The van der Waals surface area contributed by atoms with Crippen molar-refractivity contribution in [2.45, 2.75) is 38.8 Å². The maximum absolute atomic E-state index is 12.1. The average molecular weight is 341 g/mol. The summed E-state index contributed by atoms with van der Waals surface area (Å²) in [7, 11) is 0. The molecule has 0 radical (unpaired) electrons. The highest BCUT2D eigenvalue weighted by atomic mass is 79.9. The average Bonchev–Trinajstić information content (AvgIpc) is 2.43. The Labute approximate surface area is 128 Å². The van der Waals surface area contributed by atoms with Gasteiger partial charge in [0.2, 0.25) is 0 Å². The normalized spacial score (nSPS) is 17.6. The Hall–Kier alpha value is -1.07. The number of aryl methyl sites for hydroxylation is 1. The number of carbonyl (C=O) groups excluding carboxylic acids is 1. The van der Waals surface area contributed by atoms with E-state index in [1.807, 2.05) is 25.1 Å². The molecule has 1 amide bonds. The van der Waals surface area contributed by atoms with Crippen molar-refractivity contribution in [2.24, 2.45) is 0 Å². The summed E-state index contributed by atoms with van der Waals surface area (Å²) in [6, 6.07) is 6.09. The zero-order valence-corrected chi connectivity index (χ0v) is 13.5. The number of ether oxygens (including phenoxy) is 1. The summed E-state index contributed by atoms with van der Waals surface area (Å²) < 4.78 is 6.60. The quantitative estimate of drug-likeness (QED) is 0.884. The van der Waals surface area contributed by atoms with Crippen LogP contribution in [0.3, 0.4) is 0 Å². The van der Waals surface area contributed by atoms with Crippen LogP contribution in [0.25, 0.3) is 0 Å². The van der Waals surface area contributed by atoms with Crippen LogP contribution in [0.5, 0.6) is 5.75 Å². The monoisotopic (exact) mass is 340 g/mol. The van der Waals surface area contributed by atoms with Crippen molar-refractivity contribution in [1.29, 1.82) is 0 Å². The van der Waals surface area contributed by atoms with Gasteiger partial charge in [-0.15, -0.1) is 0 Å². The van der Waals surface area contributed by atoms with E-state index in [1.54, 1.807) is 6.92 Å². The molecule has 0 saturated carbocycles. The van der Waals surface area contributed by atoms with Gasteiger partial charge < -0.3 is 15.4 Å².